The van der Waals surface area contributed by atoms with Crippen molar-refractivity contribution in [3.8, 4) is 11.5 Å². The van der Waals surface area contributed by atoms with E-state index in [4.69, 9.17) is 9.47 Å². The molecule has 7 nitrogen and oxygen atoms in total. The van der Waals surface area contributed by atoms with Crippen LogP contribution in [0.5, 0.6) is 11.5 Å². The molecule has 3 unspecified atom stereocenters. The van der Waals surface area contributed by atoms with Crippen LogP contribution in [0.2, 0.25) is 0 Å². The number of hydrogen-bond donors (Lipinski definition) is 1. The molecule has 3 aromatic rings. The predicted octanol–water partition coefficient (Wildman–Crippen LogP) is 3.39. The van der Waals surface area contributed by atoms with E-state index in [1.807, 2.05) is 60.7 Å². The summed E-state index contributed by atoms with van der Waals surface area (Å²) >= 11 is 0. The normalized spacial score (nSPS) is 19.8. The smallest absolute Gasteiger partial charge is 0.251 e. The highest BCUT2D eigenvalue weighted by molar-refractivity contribution is 5.99. The molecule has 1 N–H and O–H groups in total. The third-order valence-corrected chi connectivity index (χ3v) is 6.38. The lowest BCUT2D eigenvalue weighted by Gasteiger charge is -2.27. The lowest BCUT2D eigenvalue weighted by molar-refractivity contribution is -0.138. The molecule has 0 spiro atoms. The first-order chi connectivity index (χ1) is 17.1. The average molecular weight is 471 g/mol. The zero-order valence-electron chi connectivity index (χ0n) is 19.1. The van der Waals surface area contributed by atoms with Crippen molar-refractivity contribution in [3.63, 3.8) is 0 Å². The van der Waals surface area contributed by atoms with Crippen LogP contribution in [0.15, 0.2) is 84.9 Å². The highest BCUT2D eigenvalue weighted by atomic mass is 16.5. The maximum Gasteiger partial charge on any atom is 0.251 e. The standard InChI is InChI=1S/C28H26N2O5/c31-24-18-34-25-15-16-30(26(24)25)28(33)23(17-19-7-3-1-4-8-19)29-27(32)20-11-13-22(14-12-20)35-21-9-5-2-6-10-21/h1-14,23,25-26H,15-18H2,(H,29,32). The maximum atomic E-state index is 13.5. The summed E-state index contributed by atoms with van der Waals surface area (Å²) < 4.78 is 11.3. The molecule has 0 aliphatic carbocycles. The van der Waals surface area contributed by atoms with Crippen LogP contribution >= 0.6 is 0 Å². The summed E-state index contributed by atoms with van der Waals surface area (Å²) in [5.41, 5.74) is 1.33. The molecule has 0 radical (unpaired) electrons. The van der Waals surface area contributed by atoms with Crippen molar-refractivity contribution in [1.29, 1.82) is 0 Å². The predicted molar refractivity (Wildman–Crippen MR) is 129 cm³/mol. The van der Waals surface area contributed by atoms with Crippen molar-refractivity contribution in [3.05, 3.63) is 96.1 Å². The molecule has 2 fully saturated rings. The third kappa shape index (κ3) is 5.10. The van der Waals surface area contributed by atoms with Gasteiger partial charge in [-0.2, -0.15) is 0 Å². The number of rotatable bonds is 7. The Labute approximate surface area is 203 Å². The van der Waals surface area contributed by atoms with Crippen LogP contribution in [0, 0.1) is 0 Å². The second-order valence-electron chi connectivity index (χ2n) is 8.74. The zero-order chi connectivity index (χ0) is 24.2. The van der Waals surface area contributed by atoms with Gasteiger partial charge in [-0.1, -0.05) is 48.5 Å². The minimum Gasteiger partial charge on any atom is -0.457 e. The Morgan fingerprint density at radius 2 is 1.60 bits per heavy atom. The molecule has 7 heteroatoms. The monoisotopic (exact) mass is 470 g/mol. The number of carbonyl (C=O) groups excluding carboxylic acids is 3. The lowest BCUT2D eigenvalue weighted by atomic mass is 10.0. The molecule has 0 bridgehead atoms. The van der Waals surface area contributed by atoms with E-state index in [2.05, 4.69) is 5.32 Å². The summed E-state index contributed by atoms with van der Waals surface area (Å²) in [5.74, 6) is 0.590. The number of nitrogens with one attached hydrogen (secondary N) is 1. The van der Waals surface area contributed by atoms with Crippen molar-refractivity contribution in [1.82, 2.24) is 10.2 Å². The molecule has 2 aliphatic rings. The van der Waals surface area contributed by atoms with Crippen molar-refractivity contribution in [2.45, 2.75) is 31.0 Å². The first-order valence-corrected chi connectivity index (χ1v) is 11.7. The van der Waals surface area contributed by atoms with Crippen LogP contribution in [0.1, 0.15) is 22.3 Å². The average Bonchev–Trinajstić information content (AvgIpc) is 3.48. The van der Waals surface area contributed by atoms with Crippen LogP contribution in [0.4, 0.5) is 0 Å². The van der Waals surface area contributed by atoms with E-state index in [1.54, 1.807) is 29.2 Å². The van der Waals surface area contributed by atoms with Crippen molar-refractivity contribution >= 4 is 17.6 Å². The number of Topliss-reactive ketones (excluding diaryl/α,β-unsaturated/α-hetero) is 1. The van der Waals surface area contributed by atoms with Crippen LogP contribution in [-0.4, -0.2) is 53.8 Å². The van der Waals surface area contributed by atoms with E-state index in [-0.39, 0.29) is 30.3 Å². The Kier molecular flexibility index (Phi) is 6.59. The lowest BCUT2D eigenvalue weighted by Crippen LogP contribution is -2.53. The second-order valence-corrected chi connectivity index (χ2v) is 8.74. The molecule has 35 heavy (non-hydrogen) atoms. The summed E-state index contributed by atoms with van der Waals surface area (Å²) in [6.07, 6.45) is 0.692. The number of ether oxygens (including phenoxy) is 2. The van der Waals surface area contributed by atoms with E-state index in [1.165, 1.54) is 0 Å². The number of para-hydroxylation sites is 1. The largest absolute Gasteiger partial charge is 0.457 e. The molecule has 2 aliphatic heterocycles. The fourth-order valence-electron chi connectivity index (χ4n) is 4.63. The fraction of sp³-hybridized carbons (Fsp3) is 0.250. The third-order valence-electron chi connectivity index (χ3n) is 6.38. The van der Waals surface area contributed by atoms with Gasteiger partial charge in [0.15, 0.2) is 5.78 Å². The number of ketones is 1. The van der Waals surface area contributed by atoms with Gasteiger partial charge >= 0.3 is 0 Å². The summed E-state index contributed by atoms with van der Waals surface area (Å²) in [6, 6.07) is 24.3. The molecule has 0 aromatic heterocycles. The minimum absolute atomic E-state index is 0.0340. The van der Waals surface area contributed by atoms with Gasteiger partial charge in [-0.3, -0.25) is 14.4 Å². The Bertz CT molecular complexity index is 1200. The Morgan fingerprint density at radius 3 is 2.31 bits per heavy atom. The van der Waals surface area contributed by atoms with Gasteiger partial charge in [0.2, 0.25) is 5.91 Å². The summed E-state index contributed by atoms with van der Waals surface area (Å²) in [6.45, 7) is 0.471. The van der Waals surface area contributed by atoms with Gasteiger partial charge < -0.3 is 19.7 Å². The van der Waals surface area contributed by atoms with E-state index < -0.39 is 12.1 Å². The minimum atomic E-state index is -0.808. The molecule has 2 heterocycles. The fourth-order valence-corrected chi connectivity index (χ4v) is 4.63. The Balaban J connectivity index is 1.31. The number of hydrogen-bond acceptors (Lipinski definition) is 5. The highest BCUT2D eigenvalue weighted by Crippen LogP contribution is 2.28. The number of likely N-dealkylation sites (tertiary alicyclic amines) is 1. The summed E-state index contributed by atoms with van der Waals surface area (Å²) in [4.78, 5) is 40.6. The van der Waals surface area contributed by atoms with Gasteiger partial charge in [-0.05, 0) is 48.4 Å². The van der Waals surface area contributed by atoms with Gasteiger partial charge in [0.05, 0.1) is 6.10 Å². The molecule has 5 rings (SSSR count). The van der Waals surface area contributed by atoms with Gasteiger partial charge in [-0.25, -0.2) is 0 Å². The van der Waals surface area contributed by atoms with E-state index >= 15 is 0 Å². The van der Waals surface area contributed by atoms with Gasteiger partial charge in [0.25, 0.3) is 5.91 Å². The van der Waals surface area contributed by atoms with E-state index in [0.717, 1.165) is 5.56 Å². The maximum absolute atomic E-state index is 13.5. The molecule has 3 aromatic carbocycles. The van der Waals surface area contributed by atoms with Gasteiger partial charge in [0, 0.05) is 18.5 Å². The van der Waals surface area contributed by atoms with E-state index in [9.17, 15) is 14.4 Å². The molecular weight excluding hydrogens is 444 g/mol. The molecule has 2 saturated heterocycles. The van der Waals surface area contributed by atoms with Crippen molar-refractivity contribution in [2.24, 2.45) is 0 Å². The number of benzene rings is 3. The van der Waals surface area contributed by atoms with Crippen LogP contribution in [0.3, 0.4) is 0 Å². The Morgan fingerprint density at radius 1 is 0.943 bits per heavy atom. The van der Waals surface area contributed by atoms with Crippen molar-refractivity contribution in [2.75, 3.05) is 13.2 Å². The molecule has 178 valence electrons. The van der Waals surface area contributed by atoms with Gasteiger partial charge in [-0.15, -0.1) is 0 Å². The number of carbonyl (C=O) groups is 3. The van der Waals surface area contributed by atoms with Crippen LogP contribution < -0.4 is 10.1 Å². The quantitative estimate of drug-likeness (QED) is 0.572. The first-order valence-electron chi connectivity index (χ1n) is 11.7. The zero-order valence-corrected chi connectivity index (χ0v) is 19.1. The number of amides is 2. The summed E-state index contributed by atoms with van der Waals surface area (Å²) in [7, 11) is 0. The van der Waals surface area contributed by atoms with Gasteiger partial charge in [0.1, 0.15) is 30.2 Å². The number of nitrogens with zero attached hydrogens (tertiary/aromatic N) is 1. The molecular formula is C28H26N2O5. The number of fused-ring (bicyclic) bond motifs is 1. The second kappa shape index (κ2) is 10.1. The highest BCUT2D eigenvalue weighted by Gasteiger charge is 2.48. The molecule has 3 atom stereocenters. The van der Waals surface area contributed by atoms with E-state index in [0.29, 0.717) is 36.4 Å². The van der Waals surface area contributed by atoms with Crippen LogP contribution in [0.25, 0.3) is 0 Å². The summed E-state index contributed by atoms with van der Waals surface area (Å²) in [5, 5.41) is 2.90. The van der Waals surface area contributed by atoms with Crippen molar-refractivity contribution < 1.29 is 23.9 Å². The Hall–Kier alpha value is -3.97. The first kappa shape index (κ1) is 22.8. The SMILES string of the molecule is O=C(NC(Cc1ccccc1)C(=O)N1CCC2OCC(=O)C21)c1ccc(Oc2ccccc2)cc1. The topological polar surface area (TPSA) is 84.9 Å². The molecule has 2 amide bonds. The van der Waals surface area contributed by atoms with Crippen LogP contribution in [-0.2, 0) is 20.7 Å². The molecule has 0 saturated carbocycles.